The first-order chi connectivity index (χ1) is 10.1. The van der Waals surface area contributed by atoms with Crippen molar-refractivity contribution in [3.05, 3.63) is 46.3 Å². The molecule has 0 radical (unpaired) electrons. The van der Waals surface area contributed by atoms with Gasteiger partial charge in [0.2, 0.25) is 0 Å². The highest BCUT2D eigenvalue weighted by Crippen LogP contribution is 2.39. The van der Waals surface area contributed by atoms with Gasteiger partial charge in [-0.15, -0.1) is 11.3 Å². The molecule has 3 rings (SSSR count). The van der Waals surface area contributed by atoms with Crippen LogP contribution in [0.25, 0.3) is 10.4 Å². The number of primary amides is 1. The molecule has 1 aromatic heterocycles. The summed E-state index contributed by atoms with van der Waals surface area (Å²) < 4.78 is 5.06. The highest BCUT2D eigenvalue weighted by atomic mass is 32.1. The first-order valence-corrected chi connectivity index (χ1v) is 7.59. The Kier molecular flexibility index (Phi) is 3.51. The maximum absolute atomic E-state index is 12.1. The fourth-order valence-electron chi connectivity index (χ4n) is 2.45. The average molecular weight is 301 g/mol. The minimum absolute atomic E-state index is 0.488. The van der Waals surface area contributed by atoms with Crippen LogP contribution in [0.4, 0.5) is 0 Å². The van der Waals surface area contributed by atoms with E-state index < -0.39 is 18.0 Å². The standard InChI is InChI=1S/C16H15NO3S/c1-9(15(17)18)20-16(19)13-8-11-7-6-10-4-2-3-5-12(10)14(11)21-13/h2-5,8-9H,6-7H2,1H3,(H2,17,18)/t9-/m1/s1. The van der Waals surface area contributed by atoms with Gasteiger partial charge in [-0.2, -0.15) is 0 Å². The SMILES string of the molecule is C[C@@H](OC(=O)c1cc2c(s1)-c1ccccc1CC2)C(N)=O. The summed E-state index contributed by atoms with van der Waals surface area (Å²) in [6.45, 7) is 1.48. The molecule has 2 aromatic rings. The summed E-state index contributed by atoms with van der Waals surface area (Å²) >= 11 is 1.41. The normalized spacial score (nSPS) is 14.0. The molecule has 0 bridgehead atoms. The van der Waals surface area contributed by atoms with Crippen molar-refractivity contribution in [2.45, 2.75) is 25.9 Å². The molecule has 1 aliphatic carbocycles. The van der Waals surface area contributed by atoms with E-state index in [9.17, 15) is 9.59 Å². The van der Waals surface area contributed by atoms with Gasteiger partial charge in [0.1, 0.15) is 4.88 Å². The third-order valence-corrected chi connectivity index (χ3v) is 4.81. The molecule has 5 heteroatoms. The number of benzene rings is 1. The minimum atomic E-state index is -0.913. The van der Waals surface area contributed by atoms with Gasteiger partial charge in [-0.05, 0) is 42.5 Å². The Hall–Kier alpha value is -2.14. The lowest BCUT2D eigenvalue weighted by Gasteiger charge is -2.15. The lowest BCUT2D eigenvalue weighted by atomic mass is 9.91. The molecule has 1 aromatic carbocycles. The molecule has 1 atom stereocenters. The zero-order valence-corrected chi connectivity index (χ0v) is 12.4. The van der Waals surface area contributed by atoms with Gasteiger partial charge in [-0.3, -0.25) is 4.79 Å². The summed E-state index contributed by atoms with van der Waals surface area (Å²) in [4.78, 5) is 24.7. The monoisotopic (exact) mass is 301 g/mol. The first-order valence-electron chi connectivity index (χ1n) is 6.77. The van der Waals surface area contributed by atoms with Crippen molar-refractivity contribution in [3.63, 3.8) is 0 Å². The number of amides is 1. The van der Waals surface area contributed by atoms with E-state index in [0.29, 0.717) is 4.88 Å². The second kappa shape index (κ2) is 5.33. The molecule has 0 saturated heterocycles. The van der Waals surface area contributed by atoms with E-state index in [4.69, 9.17) is 10.5 Å². The van der Waals surface area contributed by atoms with Crippen LogP contribution in [-0.2, 0) is 22.4 Å². The van der Waals surface area contributed by atoms with Crippen LogP contribution in [0, 0.1) is 0 Å². The van der Waals surface area contributed by atoms with Crippen LogP contribution >= 0.6 is 11.3 Å². The van der Waals surface area contributed by atoms with Crippen molar-refractivity contribution < 1.29 is 14.3 Å². The van der Waals surface area contributed by atoms with Crippen LogP contribution in [0.3, 0.4) is 0 Å². The zero-order valence-electron chi connectivity index (χ0n) is 11.6. The highest BCUT2D eigenvalue weighted by Gasteiger charge is 2.23. The molecular formula is C16H15NO3S. The third-order valence-electron chi connectivity index (χ3n) is 3.62. The van der Waals surface area contributed by atoms with Gasteiger partial charge < -0.3 is 10.5 Å². The summed E-state index contributed by atoms with van der Waals surface area (Å²) in [5, 5.41) is 0. The molecule has 0 fully saturated rings. The number of carbonyl (C=O) groups excluding carboxylic acids is 2. The number of carbonyl (C=O) groups is 2. The van der Waals surface area contributed by atoms with Crippen LogP contribution in [0.5, 0.6) is 0 Å². The predicted octanol–water partition coefficient (Wildman–Crippen LogP) is 2.54. The molecule has 4 nitrogen and oxygen atoms in total. The van der Waals surface area contributed by atoms with Crippen molar-refractivity contribution in [1.29, 1.82) is 0 Å². The lowest BCUT2D eigenvalue weighted by molar-refractivity contribution is -0.125. The fraction of sp³-hybridized carbons (Fsp3) is 0.250. The Labute approximate surface area is 126 Å². The molecular weight excluding hydrogens is 286 g/mol. The fourth-order valence-corrected chi connectivity index (χ4v) is 3.60. The Morgan fingerprint density at radius 1 is 1.24 bits per heavy atom. The van der Waals surface area contributed by atoms with Crippen molar-refractivity contribution in [3.8, 4) is 10.4 Å². The van der Waals surface area contributed by atoms with Crippen LogP contribution in [0.1, 0.15) is 27.7 Å². The van der Waals surface area contributed by atoms with Gasteiger partial charge in [0.25, 0.3) is 5.91 Å². The highest BCUT2D eigenvalue weighted by molar-refractivity contribution is 7.17. The maximum Gasteiger partial charge on any atom is 0.349 e. The Morgan fingerprint density at radius 3 is 2.71 bits per heavy atom. The maximum atomic E-state index is 12.1. The Balaban J connectivity index is 1.90. The van der Waals surface area contributed by atoms with Crippen molar-refractivity contribution in [1.82, 2.24) is 0 Å². The van der Waals surface area contributed by atoms with E-state index in [1.165, 1.54) is 29.4 Å². The van der Waals surface area contributed by atoms with Crippen molar-refractivity contribution in [2.24, 2.45) is 5.73 Å². The predicted molar refractivity (Wildman–Crippen MR) is 81.2 cm³/mol. The first kappa shape index (κ1) is 13.8. The molecule has 1 heterocycles. The van der Waals surface area contributed by atoms with E-state index in [1.54, 1.807) is 0 Å². The third kappa shape index (κ3) is 2.56. The van der Waals surface area contributed by atoms with Crippen LogP contribution < -0.4 is 5.73 Å². The number of hydrogen-bond acceptors (Lipinski definition) is 4. The van der Waals surface area contributed by atoms with Gasteiger partial charge in [0.15, 0.2) is 6.10 Å². The van der Waals surface area contributed by atoms with Crippen LogP contribution in [0.15, 0.2) is 30.3 Å². The van der Waals surface area contributed by atoms with Crippen LogP contribution in [-0.4, -0.2) is 18.0 Å². The van der Waals surface area contributed by atoms with Gasteiger partial charge in [-0.1, -0.05) is 24.3 Å². The molecule has 0 spiro atoms. The Morgan fingerprint density at radius 2 is 1.95 bits per heavy atom. The van der Waals surface area contributed by atoms with Gasteiger partial charge in [-0.25, -0.2) is 4.79 Å². The topological polar surface area (TPSA) is 69.4 Å². The zero-order chi connectivity index (χ0) is 15.0. The molecule has 0 saturated carbocycles. The van der Waals surface area contributed by atoms with E-state index in [2.05, 4.69) is 12.1 Å². The molecule has 2 N–H and O–H groups in total. The summed E-state index contributed by atoms with van der Waals surface area (Å²) in [7, 11) is 0. The second-order valence-electron chi connectivity index (χ2n) is 5.07. The largest absolute Gasteiger partial charge is 0.448 e. The Bertz CT molecular complexity index is 720. The van der Waals surface area contributed by atoms with E-state index in [1.807, 2.05) is 18.2 Å². The van der Waals surface area contributed by atoms with Crippen molar-refractivity contribution in [2.75, 3.05) is 0 Å². The number of hydrogen-bond donors (Lipinski definition) is 1. The van der Waals surface area contributed by atoms with Crippen molar-refractivity contribution >= 4 is 23.2 Å². The molecule has 21 heavy (non-hydrogen) atoms. The van der Waals surface area contributed by atoms with Gasteiger partial charge in [0, 0.05) is 4.88 Å². The quantitative estimate of drug-likeness (QED) is 0.886. The van der Waals surface area contributed by atoms with E-state index in [-0.39, 0.29) is 0 Å². The van der Waals surface area contributed by atoms with E-state index >= 15 is 0 Å². The molecule has 1 amide bonds. The summed E-state index contributed by atoms with van der Waals surface area (Å²) in [5.74, 6) is -1.13. The molecule has 1 aliphatic rings. The van der Waals surface area contributed by atoms with Gasteiger partial charge in [0.05, 0.1) is 0 Å². The molecule has 0 aliphatic heterocycles. The second-order valence-corrected chi connectivity index (χ2v) is 6.12. The molecule has 0 unspecified atom stereocenters. The smallest absolute Gasteiger partial charge is 0.349 e. The number of esters is 1. The summed E-state index contributed by atoms with van der Waals surface area (Å²) in [6.07, 6.45) is 0.983. The minimum Gasteiger partial charge on any atom is -0.448 e. The number of thiophene rings is 1. The number of nitrogens with two attached hydrogens (primary N) is 1. The number of rotatable bonds is 3. The number of fused-ring (bicyclic) bond motifs is 3. The number of ether oxygens (including phenoxy) is 1. The number of aryl methyl sites for hydroxylation is 2. The summed E-state index contributed by atoms with van der Waals surface area (Å²) in [5.41, 5.74) is 8.76. The average Bonchev–Trinajstić information content (AvgIpc) is 2.91. The van der Waals surface area contributed by atoms with Crippen LogP contribution in [0.2, 0.25) is 0 Å². The summed E-state index contributed by atoms with van der Waals surface area (Å²) in [6, 6.07) is 10.1. The van der Waals surface area contributed by atoms with Gasteiger partial charge >= 0.3 is 5.97 Å². The lowest BCUT2D eigenvalue weighted by Crippen LogP contribution is -2.30. The van der Waals surface area contributed by atoms with E-state index in [0.717, 1.165) is 23.3 Å². The molecule has 108 valence electrons.